The number of rotatable bonds is 6. The summed E-state index contributed by atoms with van der Waals surface area (Å²) < 4.78 is 23.6. The van der Waals surface area contributed by atoms with Crippen LogP contribution in [0.15, 0.2) is 60.8 Å². The highest BCUT2D eigenvalue weighted by molar-refractivity contribution is 5.94. The zero-order valence-electron chi connectivity index (χ0n) is 14.9. The number of hydrogen-bond donors (Lipinski definition) is 2. The molecule has 0 atom stereocenters. The van der Waals surface area contributed by atoms with Crippen LogP contribution in [0.25, 0.3) is 0 Å². The zero-order valence-corrected chi connectivity index (χ0v) is 14.9. The molecule has 7 heteroatoms. The number of nitrogens with zero attached hydrogens (tertiary/aromatic N) is 1. The number of halogens is 1. The highest BCUT2D eigenvalue weighted by atomic mass is 19.1. The van der Waals surface area contributed by atoms with Crippen molar-refractivity contribution < 1.29 is 18.7 Å². The summed E-state index contributed by atoms with van der Waals surface area (Å²) >= 11 is 0. The second-order valence-corrected chi connectivity index (χ2v) is 6.28. The fourth-order valence-corrected chi connectivity index (χ4v) is 2.76. The first kappa shape index (κ1) is 17.8. The van der Waals surface area contributed by atoms with Crippen molar-refractivity contribution in [3.05, 3.63) is 83.3 Å². The lowest BCUT2D eigenvalue weighted by molar-refractivity contribution is 0.0950. The molecule has 0 saturated carbocycles. The quantitative estimate of drug-likeness (QED) is 0.686. The van der Waals surface area contributed by atoms with Crippen molar-refractivity contribution in [2.45, 2.75) is 13.1 Å². The number of hydrogen-bond acceptors (Lipinski definition) is 5. The van der Waals surface area contributed by atoms with Crippen LogP contribution in [0.5, 0.6) is 11.5 Å². The van der Waals surface area contributed by atoms with Crippen LogP contribution in [-0.2, 0) is 13.1 Å². The maximum Gasteiger partial charge on any atom is 0.253 e. The summed E-state index contributed by atoms with van der Waals surface area (Å²) in [5.41, 5.74) is 2.31. The second kappa shape index (κ2) is 7.96. The van der Waals surface area contributed by atoms with Crippen molar-refractivity contribution in [1.82, 2.24) is 10.3 Å². The summed E-state index contributed by atoms with van der Waals surface area (Å²) in [5.74, 6) is 1.60. The Morgan fingerprint density at radius 3 is 2.54 bits per heavy atom. The van der Waals surface area contributed by atoms with Gasteiger partial charge in [0.2, 0.25) is 6.79 Å². The SMILES string of the molecule is O=C(NCc1ccc(F)cc1)c1ccc(NCc2ccc3c(c2)OCO3)nc1. The van der Waals surface area contributed by atoms with Gasteiger partial charge in [0.25, 0.3) is 5.91 Å². The predicted molar refractivity (Wildman–Crippen MR) is 102 cm³/mol. The number of benzene rings is 2. The fourth-order valence-electron chi connectivity index (χ4n) is 2.76. The highest BCUT2D eigenvalue weighted by Crippen LogP contribution is 2.32. The van der Waals surface area contributed by atoms with Gasteiger partial charge in [0, 0.05) is 19.3 Å². The van der Waals surface area contributed by atoms with E-state index in [2.05, 4.69) is 15.6 Å². The molecule has 0 radical (unpaired) electrons. The normalized spacial score (nSPS) is 11.9. The number of carbonyl (C=O) groups is 1. The average molecular weight is 379 g/mol. The molecule has 2 heterocycles. The Hall–Kier alpha value is -3.61. The molecular weight excluding hydrogens is 361 g/mol. The number of carbonyl (C=O) groups excluding carboxylic acids is 1. The molecule has 142 valence electrons. The molecule has 0 spiro atoms. The zero-order chi connectivity index (χ0) is 19.3. The van der Waals surface area contributed by atoms with Crippen LogP contribution in [0.2, 0.25) is 0 Å². The van der Waals surface area contributed by atoms with E-state index < -0.39 is 0 Å². The average Bonchev–Trinajstić information content (AvgIpc) is 3.20. The molecule has 1 amide bonds. The first-order chi connectivity index (χ1) is 13.7. The topological polar surface area (TPSA) is 72.5 Å². The van der Waals surface area contributed by atoms with Crippen LogP contribution in [0.1, 0.15) is 21.5 Å². The molecule has 0 fully saturated rings. The predicted octanol–water partition coefficient (Wildman–Crippen LogP) is 3.49. The lowest BCUT2D eigenvalue weighted by Crippen LogP contribution is -2.22. The van der Waals surface area contributed by atoms with Gasteiger partial charge in [0.05, 0.1) is 5.56 Å². The Morgan fingerprint density at radius 2 is 1.75 bits per heavy atom. The third kappa shape index (κ3) is 4.20. The smallest absolute Gasteiger partial charge is 0.253 e. The Morgan fingerprint density at radius 1 is 0.964 bits per heavy atom. The minimum atomic E-state index is -0.303. The molecule has 6 nitrogen and oxygen atoms in total. The summed E-state index contributed by atoms with van der Waals surface area (Å²) in [6.07, 6.45) is 1.52. The van der Waals surface area contributed by atoms with Gasteiger partial charge in [-0.05, 0) is 47.5 Å². The van der Waals surface area contributed by atoms with E-state index in [0.717, 1.165) is 22.6 Å². The van der Waals surface area contributed by atoms with E-state index in [1.165, 1.54) is 18.3 Å². The van der Waals surface area contributed by atoms with Crippen molar-refractivity contribution in [2.24, 2.45) is 0 Å². The van der Waals surface area contributed by atoms with Crippen molar-refractivity contribution in [3.63, 3.8) is 0 Å². The van der Waals surface area contributed by atoms with Crippen LogP contribution in [0, 0.1) is 5.82 Å². The maximum atomic E-state index is 12.9. The van der Waals surface area contributed by atoms with E-state index in [9.17, 15) is 9.18 Å². The third-order valence-electron chi connectivity index (χ3n) is 4.30. The molecule has 2 aromatic carbocycles. The number of anilines is 1. The molecule has 1 aromatic heterocycles. The van der Waals surface area contributed by atoms with E-state index >= 15 is 0 Å². The molecular formula is C21H18FN3O3. The van der Waals surface area contributed by atoms with E-state index in [4.69, 9.17) is 9.47 Å². The van der Waals surface area contributed by atoms with Crippen LogP contribution in [0.3, 0.4) is 0 Å². The van der Waals surface area contributed by atoms with Crippen molar-refractivity contribution >= 4 is 11.7 Å². The number of pyridine rings is 1. The summed E-state index contributed by atoms with van der Waals surface area (Å²) in [4.78, 5) is 16.5. The second-order valence-electron chi connectivity index (χ2n) is 6.28. The fraction of sp³-hybridized carbons (Fsp3) is 0.143. The van der Waals surface area contributed by atoms with Gasteiger partial charge < -0.3 is 20.1 Å². The molecule has 0 aliphatic carbocycles. The lowest BCUT2D eigenvalue weighted by atomic mass is 10.2. The summed E-state index contributed by atoms with van der Waals surface area (Å²) in [5, 5.41) is 6.00. The van der Waals surface area contributed by atoms with Gasteiger partial charge in [-0.2, -0.15) is 0 Å². The van der Waals surface area contributed by atoms with Crippen molar-refractivity contribution in [3.8, 4) is 11.5 Å². The van der Waals surface area contributed by atoms with Crippen molar-refractivity contribution in [1.29, 1.82) is 0 Å². The summed E-state index contributed by atoms with van der Waals surface area (Å²) in [7, 11) is 0. The van der Waals surface area contributed by atoms with E-state index in [1.54, 1.807) is 24.3 Å². The minimum absolute atomic E-state index is 0.237. The Bertz CT molecular complexity index is 975. The van der Waals surface area contributed by atoms with Gasteiger partial charge in [-0.15, -0.1) is 0 Å². The number of ether oxygens (including phenoxy) is 2. The number of fused-ring (bicyclic) bond motifs is 1. The monoisotopic (exact) mass is 379 g/mol. The summed E-state index contributed by atoms with van der Waals surface area (Å²) in [6, 6.07) is 15.2. The van der Waals surface area contributed by atoms with Gasteiger partial charge >= 0.3 is 0 Å². The number of nitrogens with one attached hydrogen (secondary N) is 2. The van der Waals surface area contributed by atoms with Crippen LogP contribution in [-0.4, -0.2) is 17.7 Å². The number of aromatic nitrogens is 1. The molecule has 0 bridgehead atoms. The number of amides is 1. The molecule has 28 heavy (non-hydrogen) atoms. The van der Waals surface area contributed by atoms with Crippen LogP contribution in [0.4, 0.5) is 10.2 Å². The molecule has 1 aliphatic heterocycles. The minimum Gasteiger partial charge on any atom is -0.454 e. The largest absolute Gasteiger partial charge is 0.454 e. The molecule has 2 N–H and O–H groups in total. The molecule has 4 rings (SSSR count). The maximum absolute atomic E-state index is 12.9. The first-order valence-corrected chi connectivity index (χ1v) is 8.78. The highest BCUT2D eigenvalue weighted by Gasteiger charge is 2.13. The van der Waals surface area contributed by atoms with Crippen LogP contribution < -0.4 is 20.1 Å². The van der Waals surface area contributed by atoms with Gasteiger partial charge in [0.1, 0.15) is 11.6 Å². The van der Waals surface area contributed by atoms with E-state index in [1.807, 2.05) is 18.2 Å². The van der Waals surface area contributed by atoms with E-state index in [0.29, 0.717) is 24.5 Å². The van der Waals surface area contributed by atoms with Gasteiger partial charge in [-0.1, -0.05) is 18.2 Å². The van der Waals surface area contributed by atoms with Gasteiger partial charge in [0.15, 0.2) is 11.5 Å². The van der Waals surface area contributed by atoms with E-state index in [-0.39, 0.29) is 18.5 Å². The molecule has 0 saturated heterocycles. The Labute approximate surface area is 161 Å². The van der Waals surface area contributed by atoms with Gasteiger partial charge in [-0.3, -0.25) is 4.79 Å². The molecule has 1 aliphatic rings. The molecule has 0 unspecified atom stereocenters. The third-order valence-corrected chi connectivity index (χ3v) is 4.30. The lowest BCUT2D eigenvalue weighted by Gasteiger charge is -2.08. The first-order valence-electron chi connectivity index (χ1n) is 8.78. The van der Waals surface area contributed by atoms with Gasteiger partial charge in [-0.25, -0.2) is 9.37 Å². The summed E-state index contributed by atoms with van der Waals surface area (Å²) in [6.45, 7) is 1.14. The van der Waals surface area contributed by atoms with Crippen LogP contribution >= 0.6 is 0 Å². The van der Waals surface area contributed by atoms with Crippen molar-refractivity contribution in [2.75, 3.05) is 12.1 Å². The Kier molecular flexibility index (Phi) is 5.05. The Balaban J connectivity index is 1.30. The standard InChI is InChI=1S/C21H18FN3O3/c22-17-5-1-14(2-6-17)10-25-21(26)16-4-8-20(24-12-16)23-11-15-3-7-18-19(9-15)28-13-27-18/h1-9,12H,10-11,13H2,(H,23,24)(H,25,26). The molecule has 3 aromatic rings.